The van der Waals surface area contributed by atoms with Crippen LogP contribution in [-0.4, -0.2) is 9.13 Å². The van der Waals surface area contributed by atoms with Crippen LogP contribution >= 0.6 is 0 Å². The minimum absolute atomic E-state index is 0.0682. The molecular formula is C52H42N4. The lowest BCUT2D eigenvalue weighted by Crippen LogP contribution is -2.13. The Morgan fingerprint density at radius 1 is 0.375 bits per heavy atom. The van der Waals surface area contributed by atoms with Crippen molar-refractivity contribution < 1.29 is 0 Å². The van der Waals surface area contributed by atoms with E-state index in [1.807, 2.05) is 0 Å². The second kappa shape index (κ2) is 12.9. The first kappa shape index (κ1) is 34.9. The average molecular weight is 723 g/mol. The molecule has 0 aliphatic carbocycles. The van der Waals surface area contributed by atoms with Gasteiger partial charge in [-0.2, -0.15) is 10.5 Å². The van der Waals surface area contributed by atoms with Gasteiger partial charge in [0.1, 0.15) is 12.1 Å². The van der Waals surface area contributed by atoms with Crippen LogP contribution < -0.4 is 0 Å². The average Bonchev–Trinajstić information content (AvgIpc) is 3.72. The van der Waals surface area contributed by atoms with Crippen molar-refractivity contribution in [3.05, 3.63) is 168 Å². The Morgan fingerprint density at radius 3 is 0.893 bits per heavy atom. The standard InChI is InChI=1S/C52H42N4/c1-51(2,3)35-27-23-33(24-28-35)47-41(31-53)42(32-54)48(34-25-29-36(30-26-34)52(4,5)6)50(56-45-21-13-9-17-39(45)40-18-10-14-22-46(40)56)49(47)55-43-19-11-7-15-37(43)38-16-8-12-20-44(38)55/h7-30H,1-6H3. The van der Waals surface area contributed by atoms with Gasteiger partial charge in [-0.25, -0.2) is 0 Å². The normalized spacial score (nSPS) is 12.1. The molecule has 0 aliphatic rings. The molecule has 0 aliphatic heterocycles. The van der Waals surface area contributed by atoms with E-state index >= 15 is 0 Å². The molecule has 9 rings (SSSR count). The largest absolute Gasteiger partial charge is 0.307 e. The van der Waals surface area contributed by atoms with Gasteiger partial charge in [-0.1, -0.05) is 163 Å². The molecule has 0 radical (unpaired) electrons. The van der Waals surface area contributed by atoms with Crippen molar-refractivity contribution in [3.63, 3.8) is 0 Å². The first-order valence-corrected chi connectivity index (χ1v) is 19.2. The summed E-state index contributed by atoms with van der Waals surface area (Å²) in [6, 6.07) is 56.4. The fraction of sp³-hybridized carbons (Fsp3) is 0.154. The van der Waals surface area contributed by atoms with Crippen LogP contribution in [0.15, 0.2) is 146 Å². The number of hydrogen-bond donors (Lipinski definition) is 0. The van der Waals surface area contributed by atoms with E-state index in [9.17, 15) is 10.5 Å². The Bertz CT molecular complexity index is 2770. The van der Waals surface area contributed by atoms with Gasteiger partial charge in [0.15, 0.2) is 0 Å². The van der Waals surface area contributed by atoms with Crippen molar-refractivity contribution in [2.24, 2.45) is 0 Å². The van der Waals surface area contributed by atoms with E-state index in [1.54, 1.807) is 0 Å². The molecule has 270 valence electrons. The second-order valence-corrected chi connectivity index (χ2v) is 16.8. The molecule has 2 aromatic heterocycles. The maximum Gasteiger partial charge on any atom is 0.101 e. The third-order valence-corrected chi connectivity index (χ3v) is 11.4. The summed E-state index contributed by atoms with van der Waals surface area (Å²) in [5, 5.41) is 27.2. The third-order valence-electron chi connectivity index (χ3n) is 11.4. The second-order valence-electron chi connectivity index (χ2n) is 16.8. The van der Waals surface area contributed by atoms with Gasteiger partial charge in [0.25, 0.3) is 0 Å². The minimum atomic E-state index is -0.0682. The fourth-order valence-electron chi connectivity index (χ4n) is 8.55. The highest BCUT2D eigenvalue weighted by Gasteiger charge is 2.32. The van der Waals surface area contributed by atoms with E-state index < -0.39 is 0 Å². The highest BCUT2D eigenvalue weighted by atomic mass is 15.1. The van der Waals surface area contributed by atoms with Gasteiger partial charge in [-0.3, -0.25) is 0 Å². The monoisotopic (exact) mass is 722 g/mol. The Morgan fingerprint density at radius 2 is 0.643 bits per heavy atom. The van der Waals surface area contributed by atoms with Crippen molar-refractivity contribution in [1.82, 2.24) is 9.13 Å². The quantitative estimate of drug-likeness (QED) is 0.182. The lowest BCUT2D eigenvalue weighted by atomic mass is 9.82. The van der Waals surface area contributed by atoms with Gasteiger partial charge in [-0.05, 0) is 57.3 Å². The van der Waals surface area contributed by atoms with Crippen LogP contribution in [0.2, 0.25) is 0 Å². The molecule has 0 fully saturated rings. The molecule has 0 saturated carbocycles. The smallest absolute Gasteiger partial charge is 0.101 e. The van der Waals surface area contributed by atoms with Crippen molar-refractivity contribution in [2.75, 3.05) is 0 Å². The Kier molecular flexibility index (Phi) is 8.01. The van der Waals surface area contributed by atoms with Crippen molar-refractivity contribution in [1.29, 1.82) is 10.5 Å². The van der Waals surface area contributed by atoms with Gasteiger partial charge in [0, 0.05) is 32.7 Å². The molecule has 0 unspecified atom stereocenters. The first-order chi connectivity index (χ1) is 27.0. The van der Waals surface area contributed by atoms with Crippen molar-refractivity contribution in [3.8, 4) is 45.8 Å². The summed E-state index contributed by atoms with van der Waals surface area (Å²) in [6.45, 7) is 13.3. The number of fused-ring (bicyclic) bond motifs is 6. The number of para-hydroxylation sites is 4. The van der Waals surface area contributed by atoms with Crippen LogP contribution in [0.25, 0.3) is 77.2 Å². The summed E-state index contributed by atoms with van der Waals surface area (Å²) in [5.74, 6) is 0. The highest BCUT2D eigenvalue weighted by molar-refractivity contribution is 6.14. The first-order valence-electron chi connectivity index (χ1n) is 19.2. The molecule has 0 N–H and O–H groups in total. The van der Waals surface area contributed by atoms with E-state index in [-0.39, 0.29) is 10.8 Å². The summed E-state index contributed by atoms with van der Waals surface area (Å²) in [4.78, 5) is 0. The molecular weight excluding hydrogens is 681 g/mol. The molecule has 0 bridgehead atoms. The summed E-state index contributed by atoms with van der Waals surface area (Å²) in [5.41, 5.74) is 11.9. The topological polar surface area (TPSA) is 57.4 Å². The summed E-state index contributed by atoms with van der Waals surface area (Å²) in [6.07, 6.45) is 0. The van der Waals surface area contributed by atoms with E-state index in [1.165, 1.54) is 11.1 Å². The van der Waals surface area contributed by atoms with Crippen LogP contribution in [0.4, 0.5) is 0 Å². The zero-order valence-electron chi connectivity index (χ0n) is 32.6. The predicted octanol–water partition coefficient (Wildman–Crippen LogP) is 13.6. The van der Waals surface area contributed by atoms with Crippen LogP contribution in [0.3, 0.4) is 0 Å². The highest BCUT2D eigenvalue weighted by Crippen LogP contribution is 2.49. The number of aromatic nitrogens is 2. The van der Waals surface area contributed by atoms with Crippen LogP contribution in [0, 0.1) is 22.7 Å². The minimum Gasteiger partial charge on any atom is -0.307 e. The van der Waals surface area contributed by atoms with Gasteiger partial charge in [0.2, 0.25) is 0 Å². The van der Waals surface area contributed by atoms with Gasteiger partial charge in [-0.15, -0.1) is 0 Å². The third kappa shape index (κ3) is 5.33. The SMILES string of the molecule is CC(C)(C)c1ccc(-c2c(C#N)c(C#N)c(-c3ccc(C(C)(C)C)cc3)c(-n3c4ccccc4c4ccccc43)c2-n2c3ccccc3c3ccccc32)cc1. The Balaban J connectivity index is 1.59. The molecule has 2 heterocycles. The molecule has 9 aromatic rings. The van der Waals surface area contributed by atoms with E-state index in [0.717, 1.165) is 77.2 Å². The molecule has 0 spiro atoms. The van der Waals surface area contributed by atoms with Crippen LogP contribution in [0.5, 0.6) is 0 Å². The fourth-order valence-corrected chi connectivity index (χ4v) is 8.55. The molecule has 7 aromatic carbocycles. The molecule has 56 heavy (non-hydrogen) atoms. The summed E-state index contributed by atoms with van der Waals surface area (Å²) >= 11 is 0. The van der Waals surface area contributed by atoms with E-state index in [0.29, 0.717) is 11.1 Å². The molecule has 4 heteroatoms. The van der Waals surface area contributed by atoms with Gasteiger partial charge < -0.3 is 9.13 Å². The molecule has 0 amide bonds. The molecule has 0 saturated heterocycles. The van der Waals surface area contributed by atoms with Crippen LogP contribution in [0.1, 0.15) is 63.8 Å². The maximum atomic E-state index is 11.4. The summed E-state index contributed by atoms with van der Waals surface area (Å²) < 4.78 is 4.68. The summed E-state index contributed by atoms with van der Waals surface area (Å²) in [7, 11) is 0. The zero-order valence-corrected chi connectivity index (χ0v) is 32.6. The van der Waals surface area contributed by atoms with Crippen molar-refractivity contribution in [2.45, 2.75) is 52.4 Å². The predicted molar refractivity (Wildman–Crippen MR) is 233 cm³/mol. The van der Waals surface area contributed by atoms with Gasteiger partial charge >= 0.3 is 0 Å². The number of nitriles is 2. The lowest BCUT2D eigenvalue weighted by molar-refractivity contribution is 0.590. The van der Waals surface area contributed by atoms with E-state index in [2.05, 4.69) is 208 Å². The Labute approximate surface area is 328 Å². The van der Waals surface area contributed by atoms with Crippen molar-refractivity contribution >= 4 is 43.6 Å². The van der Waals surface area contributed by atoms with E-state index in [4.69, 9.17) is 0 Å². The van der Waals surface area contributed by atoms with Gasteiger partial charge in [0.05, 0.1) is 44.6 Å². The zero-order chi connectivity index (χ0) is 38.9. The van der Waals surface area contributed by atoms with Crippen LogP contribution in [-0.2, 0) is 10.8 Å². The number of benzene rings is 7. The Hall–Kier alpha value is -6.88. The molecule has 0 atom stereocenters. The number of rotatable bonds is 4. The number of nitrogens with zero attached hydrogens (tertiary/aromatic N) is 4. The maximum absolute atomic E-state index is 11.4. The lowest BCUT2D eigenvalue weighted by Gasteiger charge is -2.27. The molecule has 4 nitrogen and oxygen atoms in total. The number of hydrogen-bond acceptors (Lipinski definition) is 2.